The Labute approximate surface area is 83.4 Å². The molecule has 0 aliphatic heterocycles. The molecular formula is C11H13N3. The van der Waals surface area contributed by atoms with Crippen LogP contribution in [0.25, 0.3) is 10.9 Å². The van der Waals surface area contributed by atoms with Gasteiger partial charge in [-0.3, -0.25) is 5.10 Å². The number of hydrogen-bond donors (Lipinski definition) is 1. The molecule has 0 saturated carbocycles. The Bertz CT molecular complexity index is 463. The van der Waals surface area contributed by atoms with Crippen molar-refractivity contribution >= 4 is 10.9 Å². The average Bonchev–Trinajstić information content (AvgIpc) is 2.63. The van der Waals surface area contributed by atoms with Crippen LogP contribution >= 0.6 is 0 Å². The second kappa shape index (κ2) is 4.43. The van der Waals surface area contributed by atoms with Gasteiger partial charge in [-0.05, 0) is 19.1 Å². The molecule has 1 heterocycles. The molecule has 2 aromatic rings. The van der Waals surface area contributed by atoms with E-state index in [4.69, 9.17) is 5.26 Å². The number of H-pyrrole nitrogens is 1. The molecule has 0 atom stereocenters. The molecule has 2 rings (SSSR count). The molecule has 1 aromatic carbocycles. The van der Waals surface area contributed by atoms with Crippen molar-refractivity contribution in [3.05, 3.63) is 29.5 Å². The fourth-order valence-electron chi connectivity index (χ4n) is 1.21. The van der Waals surface area contributed by atoms with E-state index < -0.39 is 0 Å². The Morgan fingerprint density at radius 2 is 2.07 bits per heavy atom. The lowest BCUT2D eigenvalue weighted by atomic mass is 10.1. The lowest BCUT2D eigenvalue weighted by Crippen LogP contribution is -1.74. The quantitative estimate of drug-likeness (QED) is 0.689. The normalized spacial score (nSPS) is 9.00. The van der Waals surface area contributed by atoms with Gasteiger partial charge < -0.3 is 0 Å². The maximum atomic E-state index is 8.68. The average molecular weight is 187 g/mol. The van der Waals surface area contributed by atoms with E-state index in [1.807, 2.05) is 45.0 Å². The molecule has 0 unspecified atom stereocenters. The summed E-state index contributed by atoms with van der Waals surface area (Å²) in [6, 6.07) is 7.91. The summed E-state index contributed by atoms with van der Waals surface area (Å²) in [6.45, 7) is 5.99. The minimum Gasteiger partial charge on any atom is -0.276 e. The molecular weight excluding hydrogens is 174 g/mol. The Morgan fingerprint density at radius 3 is 2.71 bits per heavy atom. The van der Waals surface area contributed by atoms with Gasteiger partial charge in [0.15, 0.2) is 5.69 Å². The molecule has 1 aromatic heterocycles. The minimum atomic E-state index is 0.466. The van der Waals surface area contributed by atoms with Crippen molar-refractivity contribution < 1.29 is 0 Å². The number of aryl methyl sites for hydroxylation is 1. The number of nitrogens with zero attached hydrogens (tertiary/aromatic N) is 2. The maximum absolute atomic E-state index is 8.68. The van der Waals surface area contributed by atoms with Gasteiger partial charge in [0.2, 0.25) is 0 Å². The van der Waals surface area contributed by atoms with E-state index in [1.165, 1.54) is 0 Å². The van der Waals surface area contributed by atoms with Crippen molar-refractivity contribution in [1.82, 2.24) is 10.2 Å². The van der Waals surface area contributed by atoms with E-state index in [0.29, 0.717) is 5.69 Å². The van der Waals surface area contributed by atoms with Crippen LogP contribution in [0.3, 0.4) is 0 Å². The minimum absolute atomic E-state index is 0.466. The number of aromatic nitrogens is 2. The molecule has 0 amide bonds. The van der Waals surface area contributed by atoms with Crippen LogP contribution in [0.1, 0.15) is 25.1 Å². The van der Waals surface area contributed by atoms with Crippen LogP contribution in [0.5, 0.6) is 0 Å². The Balaban J connectivity index is 0.000000461. The third-order valence-electron chi connectivity index (χ3n) is 1.82. The summed E-state index contributed by atoms with van der Waals surface area (Å²) in [5, 5.41) is 16.2. The predicted molar refractivity (Wildman–Crippen MR) is 56.9 cm³/mol. The van der Waals surface area contributed by atoms with Crippen LogP contribution in [-0.2, 0) is 0 Å². The summed E-state index contributed by atoms with van der Waals surface area (Å²) >= 11 is 0. The number of nitrogens with one attached hydrogen (secondary N) is 1. The summed E-state index contributed by atoms with van der Waals surface area (Å²) in [4.78, 5) is 0. The van der Waals surface area contributed by atoms with E-state index in [0.717, 1.165) is 16.5 Å². The van der Waals surface area contributed by atoms with Gasteiger partial charge in [0.05, 0.1) is 5.52 Å². The van der Waals surface area contributed by atoms with Crippen LogP contribution in [-0.4, -0.2) is 10.2 Å². The SMILES string of the molecule is CC.Cc1ccc2[nH]nc(C#N)c2c1. The Morgan fingerprint density at radius 1 is 1.36 bits per heavy atom. The number of nitriles is 1. The van der Waals surface area contributed by atoms with Gasteiger partial charge in [-0.15, -0.1) is 0 Å². The van der Waals surface area contributed by atoms with Gasteiger partial charge >= 0.3 is 0 Å². The van der Waals surface area contributed by atoms with E-state index in [9.17, 15) is 0 Å². The fraction of sp³-hybridized carbons (Fsp3) is 0.273. The topological polar surface area (TPSA) is 52.5 Å². The third-order valence-corrected chi connectivity index (χ3v) is 1.82. The van der Waals surface area contributed by atoms with E-state index >= 15 is 0 Å². The Kier molecular flexibility index (Phi) is 3.24. The lowest BCUT2D eigenvalue weighted by Gasteiger charge is -1.90. The standard InChI is InChI=1S/C9H7N3.C2H6/c1-6-2-3-8-7(4-6)9(5-10)12-11-8;1-2/h2-4H,1H3,(H,11,12);1-2H3. The molecule has 1 N–H and O–H groups in total. The number of hydrogen-bond acceptors (Lipinski definition) is 2. The highest BCUT2D eigenvalue weighted by molar-refractivity contribution is 5.84. The van der Waals surface area contributed by atoms with Crippen molar-refractivity contribution in [3.63, 3.8) is 0 Å². The zero-order chi connectivity index (χ0) is 10.6. The highest BCUT2D eigenvalue weighted by Crippen LogP contribution is 2.16. The molecule has 0 radical (unpaired) electrons. The third kappa shape index (κ3) is 1.74. The van der Waals surface area contributed by atoms with Gasteiger partial charge in [0, 0.05) is 5.39 Å². The first-order valence-corrected chi connectivity index (χ1v) is 4.66. The zero-order valence-electron chi connectivity index (χ0n) is 8.63. The molecule has 14 heavy (non-hydrogen) atoms. The van der Waals surface area contributed by atoms with E-state index in [-0.39, 0.29) is 0 Å². The smallest absolute Gasteiger partial charge is 0.170 e. The first-order chi connectivity index (χ1) is 6.81. The molecule has 0 spiro atoms. The van der Waals surface area contributed by atoms with Crippen LogP contribution in [0.2, 0.25) is 0 Å². The number of fused-ring (bicyclic) bond motifs is 1. The van der Waals surface area contributed by atoms with Crippen molar-refractivity contribution in [2.75, 3.05) is 0 Å². The van der Waals surface area contributed by atoms with E-state index in [2.05, 4.69) is 10.2 Å². The summed E-state index contributed by atoms with van der Waals surface area (Å²) in [7, 11) is 0. The molecule has 0 aliphatic carbocycles. The van der Waals surface area contributed by atoms with Crippen LogP contribution in [0.4, 0.5) is 0 Å². The number of aromatic amines is 1. The van der Waals surface area contributed by atoms with Gasteiger partial charge in [-0.25, -0.2) is 0 Å². The molecule has 0 fully saturated rings. The maximum Gasteiger partial charge on any atom is 0.170 e. The van der Waals surface area contributed by atoms with Crippen molar-refractivity contribution in [3.8, 4) is 6.07 Å². The van der Waals surface area contributed by atoms with Crippen molar-refractivity contribution in [2.45, 2.75) is 20.8 Å². The highest BCUT2D eigenvalue weighted by Gasteiger charge is 2.02. The zero-order valence-corrected chi connectivity index (χ0v) is 8.63. The lowest BCUT2D eigenvalue weighted by molar-refractivity contribution is 1.10. The largest absolute Gasteiger partial charge is 0.276 e. The molecule has 0 aliphatic rings. The van der Waals surface area contributed by atoms with E-state index in [1.54, 1.807) is 0 Å². The van der Waals surface area contributed by atoms with Crippen LogP contribution in [0, 0.1) is 18.3 Å². The van der Waals surface area contributed by atoms with Gasteiger partial charge in [0.25, 0.3) is 0 Å². The Hall–Kier alpha value is -1.82. The second-order valence-corrected chi connectivity index (χ2v) is 2.73. The monoisotopic (exact) mass is 187 g/mol. The number of rotatable bonds is 0. The molecule has 3 heteroatoms. The van der Waals surface area contributed by atoms with Gasteiger partial charge in [-0.2, -0.15) is 10.4 Å². The summed E-state index contributed by atoms with van der Waals surface area (Å²) < 4.78 is 0. The fourth-order valence-corrected chi connectivity index (χ4v) is 1.21. The first-order valence-electron chi connectivity index (χ1n) is 4.66. The second-order valence-electron chi connectivity index (χ2n) is 2.73. The molecule has 0 saturated heterocycles. The summed E-state index contributed by atoms with van der Waals surface area (Å²) in [5.41, 5.74) is 2.52. The number of benzene rings is 1. The van der Waals surface area contributed by atoms with Crippen molar-refractivity contribution in [1.29, 1.82) is 5.26 Å². The van der Waals surface area contributed by atoms with Crippen LogP contribution in [0.15, 0.2) is 18.2 Å². The van der Waals surface area contributed by atoms with Crippen molar-refractivity contribution in [2.24, 2.45) is 0 Å². The highest BCUT2D eigenvalue weighted by atomic mass is 15.1. The predicted octanol–water partition coefficient (Wildman–Crippen LogP) is 2.77. The molecule has 0 bridgehead atoms. The summed E-state index contributed by atoms with van der Waals surface area (Å²) in [6.07, 6.45) is 0. The van der Waals surface area contributed by atoms with Gasteiger partial charge in [0.1, 0.15) is 6.07 Å². The first kappa shape index (κ1) is 10.3. The van der Waals surface area contributed by atoms with Gasteiger partial charge in [-0.1, -0.05) is 25.5 Å². The molecule has 72 valence electrons. The molecule has 3 nitrogen and oxygen atoms in total. The summed E-state index contributed by atoms with van der Waals surface area (Å²) in [5.74, 6) is 0. The van der Waals surface area contributed by atoms with Crippen LogP contribution < -0.4 is 0 Å².